The lowest BCUT2D eigenvalue weighted by atomic mass is 9.86. The summed E-state index contributed by atoms with van der Waals surface area (Å²) >= 11 is 0. The maximum absolute atomic E-state index is 13.5. The lowest BCUT2D eigenvalue weighted by Crippen LogP contribution is -2.31. The van der Waals surface area contributed by atoms with Gasteiger partial charge in [0.2, 0.25) is 0 Å². The van der Waals surface area contributed by atoms with Crippen LogP contribution in [0.1, 0.15) is 39.0 Å². The third-order valence-electron chi connectivity index (χ3n) is 5.18. The van der Waals surface area contributed by atoms with Gasteiger partial charge in [-0.05, 0) is 56.1 Å². The third kappa shape index (κ3) is 3.74. The summed E-state index contributed by atoms with van der Waals surface area (Å²) in [7, 11) is 0. The van der Waals surface area contributed by atoms with E-state index in [0.717, 1.165) is 30.5 Å². The Labute approximate surface area is 139 Å². The van der Waals surface area contributed by atoms with Crippen molar-refractivity contribution in [1.82, 2.24) is 0 Å². The van der Waals surface area contributed by atoms with Crippen LogP contribution in [0.25, 0.3) is 0 Å². The second-order valence-electron chi connectivity index (χ2n) is 6.88. The van der Waals surface area contributed by atoms with Crippen LogP contribution in [-0.4, -0.2) is 18.0 Å². The molecule has 1 amide bonds. The molecule has 4 nitrogen and oxygen atoms in total. The number of fused-ring (bicyclic) bond motifs is 2. The number of hydrogen-bond acceptors (Lipinski definition) is 3. The average molecular weight is 337 g/mol. The molecule has 130 valence electrons. The Kier molecular flexibility index (Phi) is 4.83. The van der Waals surface area contributed by atoms with Crippen LogP contribution in [0.2, 0.25) is 0 Å². The van der Waals surface area contributed by atoms with Gasteiger partial charge < -0.3 is 10.1 Å². The number of nitrogens with one attached hydrogen (secondary N) is 1. The molecule has 1 aromatic rings. The Morgan fingerprint density at radius 3 is 2.75 bits per heavy atom. The van der Waals surface area contributed by atoms with Gasteiger partial charge in [0.15, 0.2) is 6.10 Å². The summed E-state index contributed by atoms with van der Waals surface area (Å²) in [6.45, 7) is 1.42. The standard InChI is InChI=1S/C18H21F2NO3/c1-10(18(23)21-16-9-14(19)4-5-15(16)20)24-17(22)8-13-7-11-2-3-12(13)6-11/h4-5,9-13H,2-3,6-8H2,1H3,(H,21,23). The molecule has 1 N–H and O–H groups in total. The highest BCUT2D eigenvalue weighted by molar-refractivity contribution is 5.95. The predicted octanol–water partition coefficient (Wildman–Crippen LogP) is 3.66. The van der Waals surface area contributed by atoms with E-state index in [1.165, 1.54) is 26.2 Å². The number of ether oxygens (including phenoxy) is 1. The summed E-state index contributed by atoms with van der Waals surface area (Å²) in [4.78, 5) is 24.0. The molecule has 0 saturated heterocycles. The molecule has 6 heteroatoms. The van der Waals surface area contributed by atoms with Gasteiger partial charge in [0, 0.05) is 12.5 Å². The normalized spacial score (nSPS) is 26.2. The topological polar surface area (TPSA) is 55.4 Å². The lowest BCUT2D eigenvalue weighted by molar-refractivity contribution is -0.154. The second kappa shape index (κ2) is 6.87. The minimum Gasteiger partial charge on any atom is -0.453 e. The van der Waals surface area contributed by atoms with Crippen molar-refractivity contribution in [3.05, 3.63) is 29.8 Å². The van der Waals surface area contributed by atoms with Crippen LogP contribution in [0.3, 0.4) is 0 Å². The van der Waals surface area contributed by atoms with Crippen LogP contribution in [0.15, 0.2) is 18.2 Å². The smallest absolute Gasteiger partial charge is 0.306 e. The molecular weight excluding hydrogens is 316 g/mol. The first-order chi connectivity index (χ1) is 11.4. The SMILES string of the molecule is CC(OC(=O)CC1CC2CCC1C2)C(=O)Nc1cc(F)ccc1F. The highest BCUT2D eigenvalue weighted by Crippen LogP contribution is 2.49. The van der Waals surface area contributed by atoms with Crippen LogP contribution in [0, 0.1) is 29.4 Å². The third-order valence-corrected chi connectivity index (χ3v) is 5.18. The highest BCUT2D eigenvalue weighted by atomic mass is 19.1. The van der Waals surface area contributed by atoms with Crippen molar-refractivity contribution in [2.75, 3.05) is 5.32 Å². The van der Waals surface area contributed by atoms with E-state index in [-0.39, 0.29) is 5.69 Å². The fraction of sp³-hybridized carbons (Fsp3) is 0.556. The zero-order chi connectivity index (χ0) is 17.3. The monoisotopic (exact) mass is 337 g/mol. The average Bonchev–Trinajstić information content (AvgIpc) is 3.13. The number of carbonyl (C=O) groups excluding carboxylic acids is 2. The Morgan fingerprint density at radius 2 is 2.08 bits per heavy atom. The van der Waals surface area contributed by atoms with E-state index in [9.17, 15) is 18.4 Å². The van der Waals surface area contributed by atoms with Gasteiger partial charge in [-0.15, -0.1) is 0 Å². The summed E-state index contributed by atoms with van der Waals surface area (Å²) in [6.07, 6.45) is 3.97. The van der Waals surface area contributed by atoms with Crippen molar-refractivity contribution in [1.29, 1.82) is 0 Å². The molecule has 2 saturated carbocycles. The number of amides is 1. The minimum atomic E-state index is -1.06. The first-order valence-electron chi connectivity index (χ1n) is 8.37. The molecule has 1 aromatic carbocycles. The molecule has 2 fully saturated rings. The molecule has 4 atom stereocenters. The number of carbonyl (C=O) groups is 2. The molecular formula is C18H21F2NO3. The van der Waals surface area contributed by atoms with Gasteiger partial charge in [-0.1, -0.05) is 6.42 Å². The summed E-state index contributed by atoms with van der Waals surface area (Å²) in [5.41, 5.74) is -0.268. The molecule has 0 aromatic heterocycles. The first-order valence-corrected chi connectivity index (χ1v) is 8.37. The number of esters is 1. The van der Waals surface area contributed by atoms with Gasteiger partial charge in [0.1, 0.15) is 11.6 Å². The van der Waals surface area contributed by atoms with E-state index < -0.39 is 29.6 Å². The van der Waals surface area contributed by atoms with Gasteiger partial charge in [-0.25, -0.2) is 8.78 Å². The lowest BCUT2D eigenvalue weighted by Gasteiger charge is -2.21. The van der Waals surface area contributed by atoms with E-state index in [1.807, 2.05) is 0 Å². The molecule has 2 aliphatic rings. The number of rotatable bonds is 5. The fourth-order valence-electron chi connectivity index (χ4n) is 3.97. The quantitative estimate of drug-likeness (QED) is 0.834. The van der Waals surface area contributed by atoms with Crippen molar-refractivity contribution in [3.63, 3.8) is 0 Å². The van der Waals surface area contributed by atoms with Gasteiger partial charge in [0.25, 0.3) is 5.91 Å². The first kappa shape index (κ1) is 16.9. The van der Waals surface area contributed by atoms with E-state index >= 15 is 0 Å². The van der Waals surface area contributed by atoms with Crippen LogP contribution >= 0.6 is 0 Å². The van der Waals surface area contributed by atoms with Crippen molar-refractivity contribution >= 4 is 17.6 Å². The van der Waals surface area contributed by atoms with Crippen LogP contribution in [0.4, 0.5) is 14.5 Å². The second-order valence-corrected chi connectivity index (χ2v) is 6.88. The maximum Gasteiger partial charge on any atom is 0.306 e. The molecule has 0 spiro atoms. The van der Waals surface area contributed by atoms with Crippen LogP contribution in [-0.2, 0) is 14.3 Å². The summed E-state index contributed by atoms with van der Waals surface area (Å²) < 4.78 is 31.8. The van der Waals surface area contributed by atoms with Crippen LogP contribution in [0.5, 0.6) is 0 Å². The zero-order valence-corrected chi connectivity index (χ0v) is 13.6. The molecule has 0 radical (unpaired) electrons. The maximum atomic E-state index is 13.5. The number of halogens is 2. The number of benzene rings is 1. The summed E-state index contributed by atoms with van der Waals surface area (Å²) in [5, 5.41) is 2.25. The van der Waals surface area contributed by atoms with Crippen LogP contribution < -0.4 is 5.32 Å². The van der Waals surface area contributed by atoms with Crippen molar-refractivity contribution in [2.45, 2.75) is 45.1 Å². The Balaban J connectivity index is 1.50. The molecule has 4 unspecified atom stereocenters. The van der Waals surface area contributed by atoms with Gasteiger partial charge in [-0.3, -0.25) is 9.59 Å². The molecule has 24 heavy (non-hydrogen) atoms. The summed E-state index contributed by atoms with van der Waals surface area (Å²) in [6, 6.07) is 2.78. The van der Waals surface area contributed by atoms with E-state index in [1.54, 1.807) is 0 Å². The summed E-state index contributed by atoms with van der Waals surface area (Å²) in [5.74, 6) is -0.793. The molecule has 2 bridgehead atoms. The van der Waals surface area contributed by atoms with Crippen molar-refractivity contribution in [2.24, 2.45) is 17.8 Å². The number of hydrogen-bond donors (Lipinski definition) is 1. The molecule has 0 aliphatic heterocycles. The zero-order valence-electron chi connectivity index (χ0n) is 13.6. The highest BCUT2D eigenvalue weighted by Gasteiger charge is 2.40. The van der Waals surface area contributed by atoms with E-state index in [0.29, 0.717) is 18.3 Å². The van der Waals surface area contributed by atoms with Gasteiger partial charge in [0.05, 0.1) is 5.69 Å². The fourth-order valence-corrected chi connectivity index (χ4v) is 3.97. The van der Waals surface area contributed by atoms with Gasteiger partial charge >= 0.3 is 5.97 Å². The Bertz CT molecular complexity index is 649. The molecule has 3 rings (SSSR count). The largest absolute Gasteiger partial charge is 0.453 e. The predicted molar refractivity (Wildman–Crippen MR) is 84.1 cm³/mol. The van der Waals surface area contributed by atoms with E-state index in [2.05, 4.69) is 5.32 Å². The number of anilines is 1. The van der Waals surface area contributed by atoms with E-state index in [4.69, 9.17) is 4.74 Å². The minimum absolute atomic E-state index is 0.268. The van der Waals surface area contributed by atoms with Crippen molar-refractivity contribution < 1.29 is 23.1 Å². The van der Waals surface area contributed by atoms with Gasteiger partial charge in [-0.2, -0.15) is 0 Å². The Hall–Kier alpha value is -1.98. The molecule has 2 aliphatic carbocycles. The molecule has 0 heterocycles. The van der Waals surface area contributed by atoms with Crippen molar-refractivity contribution in [3.8, 4) is 0 Å². The Morgan fingerprint density at radius 1 is 1.29 bits per heavy atom.